The maximum atomic E-state index is 13.0. The molecule has 0 radical (unpaired) electrons. The summed E-state index contributed by atoms with van der Waals surface area (Å²) in [6.45, 7) is 4.87. The molecule has 0 bridgehead atoms. The Hall–Kier alpha value is -2.22. The molecule has 0 aromatic heterocycles. The number of hydrogen-bond acceptors (Lipinski definition) is 3. The Labute approximate surface area is 179 Å². The van der Waals surface area contributed by atoms with Crippen LogP contribution in [0.4, 0.5) is 10.5 Å². The van der Waals surface area contributed by atoms with Gasteiger partial charge in [0.1, 0.15) is 9.92 Å². The van der Waals surface area contributed by atoms with Crippen LogP contribution < -0.4 is 15.8 Å². The van der Waals surface area contributed by atoms with E-state index in [4.69, 9.17) is 5.14 Å². The minimum absolute atomic E-state index is 0.356. The molecule has 2 aromatic rings. The molecular weight excluding hydrogens is 396 g/mol. The molecule has 0 saturated heterocycles. The first-order valence-corrected chi connectivity index (χ1v) is 12.3. The van der Waals surface area contributed by atoms with E-state index >= 15 is 0 Å². The van der Waals surface area contributed by atoms with E-state index in [-0.39, 0.29) is 0 Å². The molecule has 4 N–H and O–H groups in total. The van der Waals surface area contributed by atoms with Gasteiger partial charge in [-0.3, -0.25) is 0 Å². The number of benzene rings is 2. The molecule has 0 heterocycles. The summed E-state index contributed by atoms with van der Waals surface area (Å²) < 4.78 is 16.8. The number of nitrogens with zero attached hydrogens (tertiary/aromatic N) is 1. The van der Waals surface area contributed by atoms with Crippen molar-refractivity contribution in [1.29, 1.82) is 0 Å². The van der Waals surface area contributed by atoms with Crippen LogP contribution in [-0.2, 0) is 42.1 Å². The summed E-state index contributed by atoms with van der Waals surface area (Å²) in [6, 6.07) is 9.15. The number of hydrogen-bond donors (Lipinski definition) is 3. The molecule has 2 amide bonds. The molecule has 2 aromatic carbocycles. The summed E-state index contributed by atoms with van der Waals surface area (Å²) in [5.41, 5.74) is 7.02. The van der Waals surface area contributed by atoms with Crippen LogP contribution in [0.25, 0.3) is 0 Å². The van der Waals surface area contributed by atoms with Gasteiger partial charge in [-0.1, -0.05) is 32.0 Å². The van der Waals surface area contributed by atoms with Crippen molar-refractivity contribution in [2.24, 2.45) is 9.50 Å². The van der Waals surface area contributed by atoms with E-state index in [1.807, 2.05) is 12.1 Å². The Kier molecular flexibility index (Phi) is 5.95. The predicted octanol–water partition coefficient (Wildman–Crippen LogP) is 4.09. The first-order valence-electron chi connectivity index (χ1n) is 10.7. The summed E-state index contributed by atoms with van der Waals surface area (Å²) in [5.74, 6) is 0. The Morgan fingerprint density at radius 2 is 1.67 bits per heavy atom. The number of carbonyl (C=O) groups is 1. The molecule has 4 rings (SSSR count). The zero-order valence-electron chi connectivity index (χ0n) is 17.7. The third kappa shape index (κ3) is 4.43. The molecular formula is C23H30N4O2S. The Bertz CT molecular complexity index is 1050. The lowest BCUT2D eigenvalue weighted by atomic mass is 9.99. The molecule has 6 nitrogen and oxygen atoms in total. The van der Waals surface area contributed by atoms with Gasteiger partial charge in [0, 0.05) is 18.3 Å². The fourth-order valence-electron chi connectivity index (χ4n) is 4.40. The summed E-state index contributed by atoms with van der Waals surface area (Å²) in [5, 5.41) is 12.2. The Morgan fingerprint density at radius 1 is 1.07 bits per heavy atom. The van der Waals surface area contributed by atoms with E-state index in [1.165, 1.54) is 22.3 Å². The van der Waals surface area contributed by atoms with Crippen molar-refractivity contribution in [3.8, 4) is 0 Å². The second kappa shape index (κ2) is 8.49. The second-order valence-corrected chi connectivity index (χ2v) is 10.3. The number of fused-ring (bicyclic) bond motifs is 2. The zero-order chi connectivity index (χ0) is 21.3. The molecule has 2 aliphatic carbocycles. The molecule has 1 unspecified atom stereocenters. The minimum Gasteiger partial charge on any atom is -0.310 e. The van der Waals surface area contributed by atoms with E-state index in [1.54, 1.807) is 12.1 Å². The lowest BCUT2D eigenvalue weighted by Gasteiger charge is -2.15. The van der Waals surface area contributed by atoms with Gasteiger partial charge in [-0.2, -0.15) is 0 Å². The van der Waals surface area contributed by atoms with E-state index in [0.717, 1.165) is 49.8 Å². The number of carbonyl (C=O) groups excluding carboxylic acids is 1. The topological polar surface area (TPSA) is 96.6 Å². The quantitative estimate of drug-likeness (QED) is 0.672. The molecule has 30 heavy (non-hydrogen) atoms. The van der Waals surface area contributed by atoms with Gasteiger partial charge >= 0.3 is 6.03 Å². The molecule has 0 aliphatic heterocycles. The monoisotopic (exact) mass is 426 g/mol. The zero-order valence-corrected chi connectivity index (χ0v) is 18.5. The predicted molar refractivity (Wildman–Crippen MR) is 121 cm³/mol. The number of rotatable bonds is 5. The standard InChI is InChI=1S/C23H30N4O2S/c1-15(2)25-14-16-9-11-19(12-10-16)30(24,29)27-23(28)26-22-20-7-3-5-17(20)13-18-6-4-8-21(18)22/h9-13,15,25H,3-8,14H2,1-2H3,(H3,24,26,27,28,29). The fourth-order valence-corrected chi connectivity index (χ4v) is 5.32. The normalized spacial score (nSPS) is 16.8. The molecule has 0 fully saturated rings. The highest BCUT2D eigenvalue weighted by atomic mass is 32.2. The molecule has 1 atom stereocenters. The van der Waals surface area contributed by atoms with Crippen LogP contribution in [-0.4, -0.2) is 16.3 Å². The lowest BCUT2D eigenvalue weighted by molar-refractivity contribution is 0.260. The van der Waals surface area contributed by atoms with Crippen LogP contribution in [0.2, 0.25) is 0 Å². The van der Waals surface area contributed by atoms with E-state index in [0.29, 0.717) is 17.5 Å². The molecule has 0 saturated carbocycles. The minimum atomic E-state index is -3.31. The average Bonchev–Trinajstić information content (AvgIpc) is 3.35. The number of nitrogens with one attached hydrogen (secondary N) is 2. The summed E-state index contributed by atoms with van der Waals surface area (Å²) >= 11 is 0. The van der Waals surface area contributed by atoms with Gasteiger partial charge in [-0.25, -0.2) is 14.1 Å². The number of nitrogens with two attached hydrogens (primary N) is 1. The maximum Gasteiger partial charge on any atom is 0.354 e. The Balaban J connectivity index is 1.55. The highest BCUT2D eigenvalue weighted by Gasteiger charge is 2.25. The van der Waals surface area contributed by atoms with Gasteiger partial charge in [-0.05, 0) is 78.5 Å². The molecule has 2 aliphatic rings. The van der Waals surface area contributed by atoms with Gasteiger partial charge in [0.05, 0.1) is 4.90 Å². The van der Waals surface area contributed by atoms with Gasteiger partial charge < -0.3 is 10.6 Å². The highest BCUT2D eigenvalue weighted by Crippen LogP contribution is 2.38. The summed E-state index contributed by atoms with van der Waals surface area (Å²) in [6.07, 6.45) is 6.22. The van der Waals surface area contributed by atoms with Crippen molar-refractivity contribution in [3.63, 3.8) is 0 Å². The molecule has 7 heteroatoms. The van der Waals surface area contributed by atoms with E-state index < -0.39 is 15.9 Å². The Morgan fingerprint density at radius 3 is 2.23 bits per heavy atom. The maximum absolute atomic E-state index is 13.0. The number of anilines is 1. The third-order valence-corrected chi connectivity index (χ3v) is 7.28. The van der Waals surface area contributed by atoms with Crippen LogP contribution in [0.1, 0.15) is 54.5 Å². The van der Waals surface area contributed by atoms with Crippen LogP contribution >= 0.6 is 0 Å². The first kappa shape index (κ1) is 21.0. The second-order valence-electron chi connectivity index (χ2n) is 8.50. The molecule has 160 valence electrons. The highest BCUT2D eigenvalue weighted by molar-refractivity contribution is 7.91. The van der Waals surface area contributed by atoms with Gasteiger partial charge in [0.15, 0.2) is 0 Å². The van der Waals surface area contributed by atoms with Gasteiger partial charge in [0.2, 0.25) is 0 Å². The first-order chi connectivity index (χ1) is 14.3. The van der Waals surface area contributed by atoms with Gasteiger partial charge in [-0.15, -0.1) is 4.36 Å². The number of urea groups is 1. The smallest absolute Gasteiger partial charge is 0.310 e. The summed E-state index contributed by atoms with van der Waals surface area (Å²) in [7, 11) is -3.31. The summed E-state index contributed by atoms with van der Waals surface area (Å²) in [4.78, 5) is 13.1. The van der Waals surface area contributed by atoms with Crippen molar-refractivity contribution in [2.75, 3.05) is 5.32 Å². The van der Waals surface area contributed by atoms with Crippen molar-refractivity contribution >= 4 is 21.6 Å². The number of amides is 2. The molecule has 0 spiro atoms. The van der Waals surface area contributed by atoms with Gasteiger partial charge in [0.25, 0.3) is 0 Å². The van der Waals surface area contributed by atoms with Crippen LogP contribution in [0.3, 0.4) is 0 Å². The van der Waals surface area contributed by atoms with Crippen molar-refractivity contribution in [3.05, 3.63) is 58.1 Å². The van der Waals surface area contributed by atoms with Crippen LogP contribution in [0.15, 0.2) is 39.6 Å². The SMILES string of the molecule is CC(C)NCc1ccc(S(N)(=O)=NC(=O)Nc2c3c(cc4c2CCC4)CCC3)cc1. The lowest BCUT2D eigenvalue weighted by Crippen LogP contribution is -2.22. The van der Waals surface area contributed by atoms with Crippen LogP contribution in [0.5, 0.6) is 0 Å². The average molecular weight is 427 g/mol. The van der Waals surface area contributed by atoms with E-state index in [2.05, 4.69) is 34.9 Å². The largest absolute Gasteiger partial charge is 0.354 e. The van der Waals surface area contributed by atoms with Crippen molar-refractivity contribution in [2.45, 2.75) is 69.9 Å². The van der Waals surface area contributed by atoms with Crippen LogP contribution in [0, 0.1) is 0 Å². The third-order valence-electron chi connectivity index (χ3n) is 5.90. The van der Waals surface area contributed by atoms with Crippen molar-refractivity contribution < 1.29 is 9.00 Å². The van der Waals surface area contributed by atoms with E-state index in [9.17, 15) is 9.00 Å². The van der Waals surface area contributed by atoms with Crippen molar-refractivity contribution in [1.82, 2.24) is 5.32 Å². The fraction of sp³-hybridized carbons (Fsp3) is 0.435. The number of aryl methyl sites for hydroxylation is 2.